The molecular weight excluding hydrogens is 294 g/mol. The Morgan fingerprint density at radius 1 is 1.18 bits per heavy atom. The first-order valence-electron chi connectivity index (χ1n) is 7.11. The Kier molecular flexibility index (Phi) is 4.44. The Hall–Kier alpha value is -2.27. The van der Waals surface area contributed by atoms with E-state index in [-0.39, 0.29) is 5.91 Å². The highest BCUT2D eigenvalue weighted by Gasteiger charge is 2.07. The van der Waals surface area contributed by atoms with Crippen LogP contribution in [-0.2, 0) is 11.3 Å². The molecule has 0 atom stereocenters. The van der Waals surface area contributed by atoms with Crippen molar-refractivity contribution in [3.63, 3.8) is 0 Å². The molecule has 0 aliphatic carbocycles. The molecule has 2 N–H and O–H groups in total. The minimum atomic E-state index is 0.00806. The van der Waals surface area contributed by atoms with Crippen LogP contribution in [0.2, 0.25) is 0 Å². The predicted octanol–water partition coefficient (Wildman–Crippen LogP) is 3.28. The first kappa shape index (κ1) is 14.7. The van der Waals surface area contributed by atoms with Crippen LogP contribution in [0.5, 0.6) is 0 Å². The van der Waals surface area contributed by atoms with E-state index in [4.69, 9.17) is 0 Å². The van der Waals surface area contributed by atoms with Gasteiger partial charge < -0.3 is 10.3 Å². The quantitative estimate of drug-likeness (QED) is 0.711. The normalized spacial score (nSPS) is 10.8. The summed E-state index contributed by atoms with van der Waals surface area (Å²) in [5, 5.41) is 3.71. The van der Waals surface area contributed by atoms with E-state index in [9.17, 15) is 4.79 Å². The van der Waals surface area contributed by atoms with Crippen molar-refractivity contribution in [3.8, 4) is 0 Å². The van der Waals surface area contributed by atoms with Gasteiger partial charge in [0.05, 0.1) is 16.8 Å². The molecule has 0 radical (unpaired) electrons. The first-order valence-corrected chi connectivity index (χ1v) is 8.10. The fourth-order valence-electron chi connectivity index (χ4n) is 2.18. The average Bonchev–Trinajstić information content (AvgIpc) is 2.95. The largest absolute Gasteiger partial charge is 0.351 e. The first-order chi connectivity index (χ1) is 10.7. The van der Waals surface area contributed by atoms with Crippen molar-refractivity contribution in [2.75, 3.05) is 5.75 Å². The smallest absolute Gasteiger partial charge is 0.230 e. The number of hydrogen-bond acceptors (Lipinski definition) is 3. The molecule has 22 heavy (non-hydrogen) atoms. The second-order valence-electron chi connectivity index (χ2n) is 5.05. The van der Waals surface area contributed by atoms with Gasteiger partial charge in [0.1, 0.15) is 0 Å². The van der Waals surface area contributed by atoms with E-state index in [1.54, 1.807) is 0 Å². The second kappa shape index (κ2) is 6.66. The number of H-pyrrole nitrogens is 1. The molecule has 0 spiro atoms. The highest BCUT2D eigenvalue weighted by Crippen LogP contribution is 2.18. The van der Waals surface area contributed by atoms with E-state index in [2.05, 4.69) is 15.3 Å². The number of aromatic nitrogens is 2. The number of nitrogens with zero attached hydrogens (tertiary/aromatic N) is 1. The Balaban J connectivity index is 1.53. The number of benzene rings is 2. The summed E-state index contributed by atoms with van der Waals surface area (Å²) in [5.74, 6) is 0.361. The van der Waals surface area contributed by atoms with Gasteiger partial charge in [-0.25, -0.2) is 4.98 Å². The van der Waals surface area contributed by atoms with Crippen LogP contribution >= 0.6 is 11.8 Å². The van der Waals surface area contributed by atoms with Gasteiger partial charge in [0.2, 0.25) is 5.91 Å². The standard InChI is InChI=1S/C17H17N3OS/c1-12-6-2-3-7-13(12)10-18-16(21)11-22-17-19-14-8-4-5-9-15(14)20-17/h2-9H,10-11H2,1H3,(H,18,21)(H,19,20). The number of fused-ring (bicyclic) bond motifs is 1. The number of nitrogens with one attached hydrogen (secondary N) is 2. The summed E-state index contributed by atoms with van der Waals surface area (Å²) < 4.78 is 0. The van der Waals surface area contributed by atoms with Crippen LogP contribution in [0.15, 0.2) is 53.7 Å². The summed E-state index contributed by atoms with van der Waals surface area (Å²) >= 11 is 1.41. The van der Waals surface area contributed by atoms with Gasteiger partial charge in [-0.1, -0.05) is 48.2 Å². The predicted molar refractivity (Wildman–Crippen MR) is 89.8 cm³/mol. The van der Waals surface area contributed by atoms with Gasteiger partial charge in [0, 0.05) is 6.54 Å². The third-order valence-corrected chi connectivity index (χ3v) is 4.32. The lowest BCUT2D eigenvalue weighted by Crippen LogP contribution is -2.24. The van der Waals surface area contributed by atoms with Crippen molar-refractivity contribution in [3.05, 3.63) is 59.7 Å². The highest BCUT2D eigenvalue weighted by molar-refractivity contribution is 7.99. The molecular formula is C17H17N3OS. The number of imidazole rings is 1. The number of amides is 1. The van der Waals surface area contributed by atoms with E-state index in [1.165, 1.54) is 17.3 Å². The molecule has 1 amide bonds. The summed E-state index contributed by atoms with van der Waals surface area (Å²) in [6, 6.07) is 15.9. The Bertz CT molecular complexity index is 764. The van der Waals surface area contributed by atoms with Crippen LogP contribution in [0.1, 0.15) is 11.1 Å². The molecule has 0 aliphatic heterocycles. The zero-order valence-electron chi connectivity index (χ0n) is 12.3. The van der Waals surface area contributed by atoms with Crippen molar-refractivity contribution in [1.82, 2.24) is 15.3 Å². The number of hydrogen-bond donors (Lipinski definition) is 2. The maximum Gasteiger partial charge on any atom is 0.230 e. The SMILES string of the molecule is Cc1ccccc1CNC(=O)CSc1nc2ccccc2[nH]1. The molecule has 5 heteroatoms. The van der Waals surface area contributed by atoms with E-state index in [1.807, 2.05) is 55.5 Å². The van der Waals surface area contributed by atoms with Crippen molar-refractivity contribution < 1.29 is 4.79 Å². The lowest BCUT2D eigenvalue weighted by Gasteiger charge is -2.07. The van der Waals surface area contributed by atoms with E-state index in [0.717, 1.165) is 21.8 Å². The van der Waals surface area contributed by atoms with Crippen molar-refractivity contribution in [2.45, 2.75) is 18.6 Å². The molecule has 1 heterocycles. The Labute approximate surface area is 133 Å². The van der Waals surface area contributed by atoms with Crippen LogP contribution in [0.4, 0.5) is 0 Å². The van der Waals surface area contributed by atoms with Gasteiger partial charge in [-0.15, -0.1) is 0 Å². The molecule has 1 aromatic heterocycles. The monoisotopic (exact) mass is 311 g/mol. The van der Waals surface area contributed by atoms with Crippen LogP contribution in [0, 0.1) is 6.92 Å². The second-order valence-corrected chi connectivity index (χ2v) is 6.02. The molecule has 112 valence electrons. The molecule has 0 bridgehead atoms. The molecule has 2 aromatic carbocycles. The molecule has 0 aliphatic rings. The Morgan fingerprint density at radius 3 is 2.77 bits per heavy atom. The topological polar surface area (TPSA) is 57.8 Å². The summed E-state index contributed by atoms with van der Waals surface area (Å²) in [6.45, 7) is 2.61. The lowest BCUT2D eigenvalue weighted by atomic mass is 10.1. The minimum absolute atomic E-state index is 0.00806. The number of aromatic amines is 1. The van der Waals surface area contributed by atoms with Crippen molar-refractivity contribution in [1.29, 1.82) is 0 Å². The average molecular weight is 311 g/mol. The number of thioether (sulfide) groups is 1. The third-order valence-electron chi connectivity index (χ3n) is 3.44. The van der Waals surface area contributed by atoms with Gasteiger partial charge >= 0.3 is 0 Å². The van der Waals surface area contributed by atoms with Gasteiger partial charge in [-0.2, -0.15) is 0 Å². The number of carbonyl (C=O) groups is 1. The number of carbonyl (C=O) groups excluding carboxylic acids is 1. The van der Waals surface area contributed by atoms with E-state index < -0.39 is 0 Å². The van der Waals surface area contributed by atoms with Gasteiger partial charge in [-0.05, 0) is 30.2 Å². The molecule has 4 nitrogen and oxygen atoms in total. The summed E-state index contributed by atoms with van der Waals surface area (Å²) in [7, 11) is 0. The zero-order chi connectivity index (χ0) is 15.4. The molecule has 0 saturated heterocycles. The number of aryl methyl sites for hydroxylation is 1. The van der Waals surface area contributed by atoms with Gasteiger partial charge in [-0.3, -0.25) is 4.79 Å². The highest BCUT2D eigenvalue weighted by atomic mass is 32.2. The van der Waals surface area contributed by atoms with Crippen LogP contribution in [0.25, 0.3) is 11.0 Å². The van der Waals surface area contributed by atoms with Crippen molar-refractivity contribution in [2.24, 2.45) is 0 Å². The fraction of sp³-hybridized carbons (Fsp3) is 0.176. The molecule has 0 unspecified atom stereocenters. The van der Waals surface area contributed by atoms with Crippen LogP contribution in [0.3, 0.4) is 0 Å². The van der Waals surface area contributed by atoms with E-state index >= 15 is 0 Å². The molecule has 3 aromatic rings. The van der Waals surface area contributed by atoms with Gasteiger partial charge in [0.25, 0.3) is 0 Å². The minimum Gasteiger partial charge on any atom is -0.351 e. The maximum absolute atomic E-state index is 11.9. The van der Waals surface area contributed by atoms with E-state index in [0.29, 0.717) is 12.3 Å². The summed E-state index contributed by atoms with van der Waals surface area (Å²) in [6.07, 6.45) is 0. The van der Waals surface area contributed by atoms with Crippen molar-refractivity contribution >= 4 is 28.7 Å². The third kappa shape index (κ3) is 3.49. The zero-order valence-corrected chi connectivity index (χ0v) is 13.1. The van der Waals surface area contributed by atoms with Gasteiger partial charge in [0.15, 0.2) is 5.16 Å². The lowest BCUT2D eigenvalue weighted by molar-refractivity contribution is -0.118. The van der Waals surface area contributed by atoms with Crippen LogP contribution < -0.4 is 5.32 Å². The number of rotatable bonds is 5. The Morgan fingerprint density at radius 2 is 1.95 bits per heavy atom. The molecule has 0 fully saturated rings. The van der Waals surface area contributed by atoms with Crippen LogP contribution in [-0.4, -0.2) is 21.6 Å². The fourth-order valence-corrected chi connectivity index (χ4v) is 2.90. The molecule has 3 rings (SSSR count). The number of para-hydroxylation sites is 2. The maximum atomic E-state index is 11.9. The summed E-state index contributed by atoms with van der Waals surface area (Å²) in [4.78, 5) is 19.6. The molecule has 0 saturated carbocycles. The summed E-state index contributed by atoms with van der Waals surface area (Å²) in [5.41, 5.74) is 4.24.